The van der Waals surface area contributed by atoms with Crippen LogP contribution in [0.15, 0.2) is 29.2 Å². The highest BCUT2D eigenvalue weighted by atomic mass is 32.2. The van der Waals surface area contributed by atoms with E-state index in [1.807, 2.05) is 6.92 Å². The van der Waals surface area contributed by atoms with Crippen molar-refractivity contribution in [2.24, 2.45) is 5.41 Å². The number of nitrogens with zero attached hydrogens (tertiary/aromatic N) is 3. The maximum atomic E-state index is 12.9. The summed E-state index contributed by atoms with van der Waals surface area (Å²) in [6, 6.07) is 5.73. The molecule has 202 valence electrons. The number of esters is 1. The van der Waals surface area contributed by atoms with Crippen molar-refractivity contribution in [2.75, 3.05) is 40.5 Å². The third-order valence-electron chi connectivity index (χ3n) is 7.29. The first kappa shape index (κ1) is 27.3. The van der Waals surface area contributed by atoms with Crippen LogP contribution < -0.4 is 5.32 Å². The number of amides is 1. The minimum atomic E-state index is -3.55. The quantitative estimate of drug-likeness (QED) is 0.389. The summed E-state index contributed by atoms with van der Waals surface area (Å²) in [5.41, 5.74) is 2.98. The molecule has 0 bridgehead atoms. The van der Waals surface area contributed by atoms with Gasteiger partial charge in [-0.2, -0.15) is 5.10 Å². The van der Waals surface area contributed by atoms with Gasteiger partial charge in [-0.3, -0.25) is 9.48 Å². The lowest BCUT2D eigenvalue weighted by molar-refractivity contribution is 0.0160. The van der Waals surface area contributed by atoms with Gasteiger partial charge >= 0.3 is 5.97 Å². The summed E-state index contributed by atoms with van der Waals surface area (Å²) in [6.07, 6.45) is 4.76. The van der Waals surface area contributed by atoms with E-state index in [1.165, 1.54) is 38.4 Å². The van der Waals surface area contributed by atoms with Gasteiger partial charge in [-0.15, -0.1) is 0 Å². The number of aryl methyl sites for hydroxylation is 2. The number of benzene rings is 1. The molecule has 37 heavy (non-hydrogen) atoms. The molecular weight excluding hydrogens is 496 g/mol. The van der Waals surface area contributed by atoms with Gasteiger partial charge in [0.15, 0.2) is 0 Å². The number of rotatable bonds is 9. The molecule has 2 aromatic rings. The Bertz CT molecular complexity index is 1230. The van der Waals surface area contributed by atoms with E-state index in [-0.39, 0.29) is 22.8 Å². The first-order valence-corrected chi connectivity index (χ1v) is 14.2. The van der Waals surface area contributed by atoms with Crippen LogP contribution in [0, 0.1) is 5.41 Å². The van der Waals surface area contributed by atoms with E-state index in [4.69, 9.17) is 14.6 Å². The Labute approximate surface area is 218 Å². The highest BCUT2D eigenvalue weighted by molar-refractivity contribution is 7.89. The molecule has 1 saturated heterocycles. The molecule has 0 radical (unpaired) electrons. The SMILES string of the molecule is CCn1nc(CCCCOC(=O)c2ccc(S(=O)(=O)N(C)C)cc2)c2c1C(=O)NCC1(CCOCC1)C2. The second kappa shape index (κ2) is 11.3. The van der Waals surface area contributed by atoms with E-state index in [0.29, 0.717) is 50.4 Å². The van der Waals surface area contributed by atoms with Crippen LogP contribution in [-0.4, -0.2) is 74.8 Å². The molecule has 0 unspecified atom stereocenters. The summed E-state index contributed by atoms with van der Waals surface area (Å²) in [4.78, 5) is 25.4. The molecule has 1 amide bonds. The summed E-state index contributed by atoms with van der Waals surface area (Å²) in [5, 5.41) is 7.89. The molecule has 3 heterocycles. The maximum absolute atomic E-state index is 12.9. The van der Waals surface area contributed by atoms with E-state index < -0.39 is 16.0 Å². The fourth-order valence-electron chi connectivity index (χ4n) is 4.98. The number of carbonyl (C=O) groups is 2. The number of fused-ring (bicyclic) bond motifs is 1. The van der Waals surface area contributed by atoms with Crippen molar-refractivity contribution in [3.8, 4) is 0 Å². The summed E-state index contributed by atoms with van der Waals surface area (Å²) in [5.74, 6) is -0.548. The van der Waals surface area contributed by atoms with Crippen LogP contribution in [0.4, 0.5) is 0 Å². The number of hydrogen-bond donors (Lipinski definition) is 1. The number of hydrogen-bond acceptors (Lipinski definition) is 7. The third kappa shape index (κ3) is 5.89. The van der Waals surface area contributed by atoms with Gasteiger partial charge < -0.3 is 14.8 Å². The normalized spacial score (nSPS) is 17.4. The van der Waals surface area contributed by atoms with Gasteiger partial charge in [0.05, 0.1) is 22.8 Å². The number of ether oxygens (including phenoxy) is 2. The molecular formula is C26H36N4O6S. The van der Waals surface area contributed by atoms with Gasteiger partial charge in [-0.1, -0.05) is 0 Å². The Balaban J connectivity index is 1.34. The lowest BCUT2D eigenvalue weighted by Gasteiger charge is -2.36. The first-order valence-electron chi connectivity index (χ1n) is 12.8. The van der Waals surface area contributed by atoms with Crippen molar-refractivity contribution in [3.63, 3.8) is 0 Å². The predicted octanol–water partition coefficient (Wildman–Crippen LogP) is 2.42. The molecule has 4 rings (SSSR count). The summed E-state index contributed by atoms with van der Waals surface area (Å²) < 4.78 is 38.3. The van der Waals surface area contributed by atoms with E-state index >= 15 is 0 Å². The monoisotopic (exact) mass is 532 g/mol. The fraction of sp³-hybridized carbons (Fsp3) is 0.577. The van der Waals surface area contributed by atoms with Crippen LogP contribution in [-0.2, 0) is 38.9 Å². The molecule has 10 nitrogen and oxygen atoms in total. The van der Waals surface area contributed by atoms with Crippen LogP contribution >= 0.6 is 0 Å². The first-order chi connectivity index (χ1) is 17.7. The fourth-order valence-corrected chi connectivity index (χ4v) is 5.88. The standard InChI is InChI=1S/C26H36N4O6S/c1-4-30-23-21(17-26(18-27-24(23)31)12-15-35-16-13-26)22(28-30)7-5-6-14-36-25(32)19-8-10-20(11-9-19)37(33,34)29(2)3/h8-11H,4-7,12-18H2,1-3H3,(H,27,31). The van der Waals surface area contributed by atoms with Gasteiger partial charge in [0.1, 0.15) is 5.69 Å². The Morgan fingerprint density at radius 1 is 1.19 bits per heavy atom. The van der Waals surface area contributed by atoms with E-state index in [0.717, 1.165) is 41.2 Å². The molecule has 2 aliphatic rings. The molecule has 1 fully saturated rings. The molecule has 0 saturated carbocycles. The Morgan fingerprint density at radius 2 is 1.89 bits per heavy atom. The minimum Gasteiger partial charge on any atom is -0.462 e. The maximum Gasteiger partial charge on any atom is 0.338 e. The van der Waals surface area contributed by atoms with Gasteiger partial charge in [-0.05, 0) is 75.1 Å². The number of aromatic nitrogens is 2. The third-order valence-corrected chi connectivity index (χ3v) is 9.12. The number of unbranched alkanes of at least 4 members (excludes halogenated alkanes) is 1. The zero-order valence-corrected chi connectivity index (χ0v) is 22.6. The Kier molecular flexibility index (Phi) is 8.35. The highest BCUT2D eigenvalue weighted by Crippen LogP contribution is 2.37. The lowest BCUT2D eigenvalue weighted by Crippen LogP contribution is -2.40. The zero-order chi connectivity index (χ0) is 26.6. The molecule has 0 aliphatic carbocycles. The summed E-state index contributed by atoms with van der Waals surface area (Å²) in [7, 11) is -0.634. The smallest absolute Gasteiger partial charge is 0.338 e. The van der Waals surface area contributed by atoms with Crippen molar-refractivity contribution in [2.45, 2.75) is 56.9 Å². The second-order valence-electron chi connectivity index (χ2n) is 9.97. The molecule has 0 atom stereocenters. The van der Waals surface area contributed by atoms with Crippen LogP contribution in [0.25, 0.3) is 0 Å². The molecule has 1 aromatic carbocycles. The lowest BCUT2D eigenvalue weighted by atomic mass is 9.75. The average molecular weight is 533 g/mol. The topological polar surface area (TPSA) is 120 Å². The Hall–Kier alpha value is -2.76. The summed E-state index contributed by atoms with van der Waals surface area (Å²) in [6.45, 7) is 4.93. The van der Waals surface area contributed by atoms with E-state index in [2.05, 4.69) is 5.32 Å². The number of carbonyl (C=O) groups excluding carboxylic acids is 2. The van der Waals surface area contributed by atoms with Gasteiger partial charge in [-0.25, -0.2) is 17.5 Å². The van der Waals surface area contributed by atoms with E-state index in [9.17, 15) is 18.0 Å². The van der Waals surface area contributed by atoms with Gasteiger partial charge in [0, 0.05) is 46.0 Å². The van der Waals surface area contributed by atoms with Crippen molar-refractivity contribution >= 4 is 21.9 Å². The van der Waals surface area contributed by atoms with Crippen molar-refractivity contribution in [1.29, 1.82) is 0 Å². The van der Waals surface area contributed by atoms with Crippen molar-refractivity contribution in [1.82, 2.24) is 19.4 Å². The van der Waals surface area contributed by atoms with Crippen LogP contribution in [0.3, 0.4) is 0 Å². The Morgan fingerprint density at radius 3 is 2.54 bits per heavy atom. The molecule has 1 N–H and O–H groups in total. The molecule has 2 aliphatic heterocycles. The van der Waals surface area contributed by atoms with Gasteiger partial charge in [0.25, 0.3) is 5.91 Å². The second-order valence-corrected chi connectivity index (χ2v) is 12.1. The molecule has 1 aromatic heterocycles. The predicted molar refractivity (Wildman–Crippen MR) is 137 cm³/mol. The van der Waals surface area contributed by atoms with Crippen molar-refractivity contribution in [3.05, 3.63) is 46.8 Å². The van der Waals surface area contributed by atoms with Crippen LogP contribution in [0.2, 0.25) is 0 Å². The van der Waals surface area contributed by atoms with E-state index in [1.54, 1.807) is 4.68 Å². The highest BCUT2D eigenvalue weighted by Gasteiger charge is 2.39. The number of sulfonamides is 1. The van der Waals surface area contributed by atoms with Gasteiger partial charge in [0.2, 0.25) is 10.0 Å². The largest absolute Gasteiger partial charge is 0.462 e. The van der Waals surface area contributed by atoms with Crippen LogP contribution in [0.1, 0.15) is 64.7 Å². The summed E-state index contributed by atoms with van der Waals surface area (Å²) >= 11 is 0. The molecule has 1 spiro atoms. The molecule has 11 heteroatoms. The van der Waals surface area contributed by atoms with Crippen LogP contribution in [0.5, 0.6) is 0 Å². The zero-order valence-electron chi connectivity index (χ0n) is 21.8. The van der Waals surface area contributed by atoms with Crippen molar-refractivity contribution < 1.29 is 27.5 Å². The minimum absolute atomic E-state index is 0.00642. The number of nitrogens with one attached hydrogen (secondary N) is 1. The average Bonchev–Trinajstić information content (AvgIpc) is 3.17.